The third-order valence-electron chi connectivity index (χ3n) is 6.13. The highest BCUT2D eigenvalue weighted by Gasteiger charge is 2.25. The minimum Gasteiger partial charge on any atom is -0.454 e. The van der Waals surface area contributed by atoms with Crippen LogP contribution in [0.3, 0.4) is 0 Å². The van der Waals surface area contributed by atoms with Gasteiger partial charge in [0.05, 0.1) is 13.2 Å². The Kier molecular flexibility index (Phi) is 7.23. The van der Waals surface area contributed by atoms with Crippen molar-refractivity contribution in [2.75, 3.05) is 52.7 Å². The number of fused-ring (bicyclic) bond motifs is 1. The summed E-state index contributed by atoms with van der Waals surface area (Å²) in [6.07, 6.45) is -0.404. The molecule has 2 heterocycles. The first-order valence-electron chi connectivity index (χ1n) is 11.0. The van der Waals surface area contributed by atoms with Crippen LogP contribution in [0.4, 0.5) is 0 Å². The smallest absolute Gasteiger partial charge is 0.231 e. The molecule has 2 aromatic carbocycles. The highest BCUT2D eigenvalue weighted by atomic mass is 16.7. The maximum atomic E-state index is 10.4. The third-order valence-corrected chi connectivity index (χ3v) is 6.13. The van der Waals surface area contributed by atoms with Crippen LogP contribution in [-0.4, -0.2) is 63.9 Å². The maximum absolute atomic E-state index is 10.4. The number of ether oxygens (including phenoxy) is 3. The van der Waals surface area contributed by atoms with Gasteiger partial charge in [0.15, 0.2) is 11.5 Å². The van der Waals surface area contributed by atoms with Crippen molar-refractivity contribution in [3.8, 4) is 11.5 Å². The number of piperazine rings is 1. The molecular formula is C24H34N2O4+2. The molecule has 0 amide bonds. The molecule has 1 fully saturated rings. The van der Waals surface area contributed by atoms with Gasteiger partial charge in [-0.05, 0) is 23.8 Å². The van der Waals surface area contributed by atoms with E-state index in [0.717, 1.165) is 50.8 Å². The fourth-order valence-corrected chi connectivity index (χ4v) is 4.33. The Morgan fingerprint density at radius 1 is 0.933 bits per heavy atom. The van der Waals surface area contributed by atoms with E-state index in [9.17, 15) is 5.11 Å². The van der Waals surface area contributed by atoms with E-state index in [2.05, 4.69) is 43.3 Å². The fourth-order valence-electron chi connectivity index (χ4n) is 4.33. The van der Waals surface area contributed by atoms with Crippen LogP contribution in [0, 0.1) is 0 Å². The van der Waals surface area contributed by atoms with Gasteiger partial charge < -0.3 is 29.1 Å². The normalized spacial score (nSPS) is 22.6. The van der Waals surface area contributed by atoms with E-state index in [0.29, 0.717) is 25.9 Å². The molecule has 2 atom stereocenters. The Labute approximate surface area is 179 Å². The molecule has 0 aromatic heterocycles. The van der Waals surface area contributed by atoms with Gasteiger partial charge in [-0.15, -0.1) is 0 Å². The average molecular weight is 415 g/mol. The summed E-state index contributed by atoms with van der Waals surface area (Å²) >= 11 is 0. The van der Waals surface area contributed by atoms with Crippen molar-refractivity contribution in [1.29, 1.82) is 0 Å². The van der Waals surface area contributed by atoms with Gasteiger partial charge in [-0.2, -0.15) is 0 Å². The first-order chi connectivity index (χ1) is 14.7. The van der Waals surface area contributed by atoms with Gasteiger partial charge in [0.2, 0.25) is 6.79 Å². The van der Waals surface area contributed by atoms with Gasteiger partial charge in [-0.3, -0.25) is 0 Å². The second-order valence-electron chi connectivity index (χ2n) is 8.57. The molecule has 4 rings (SSSR count). The number of aliphatic hydroxyl groups excluding tert-OH is 1. The summed E-state index contributed by atoms with van der Waals surface area (Å²) < 4.78 is 16.7. The lowest BCUT2D eigenvalue weighted by Crippen LogP contribution is -3.28. The minimum atomic E-state index is -0.404. The molecule has 6 heteroatoms. The van der Waals surface area contributed by atoms with E-state index < -0.39 is 6.10 Å². The number of benzene rings is 2. The van der Waals surface area contributed by atoms with E-state index in [-0.39, 0.29) is 0 Å². The molecule has 162 valence electrons. The minimum absolute atomic E-state index is 0.324. The molecule has 3 N–H and O–H groups in total. The maximum Gasteiger partial charge on any atom is 0.231 e. The molecule has 1 saturated heterocycles. The predicted molar refractivity (Wildman–Crippen MR) is 114 cm³/mol. The monoisotopic (exact) mass is 414 g/mol. The van der Waals surface area contributed by atoms with Gasteiger partial charge in [0, 0.05) is 11.5 Å². The Morgan fingerprint density at radius 2 is 1.67 bits per heavy atom. The molecule has 0 unspecified atom stereocenters. The predicted octanol–water partition coefficient (Wildman–Crippen LogP) is -0.120. The van der Waals surface area contributed by atoms with Crippen LogP contribution in [0.5, 0.6) is 11.5 Å². The van der Waals surface area contributed by atoms with Gasteiger partial charge >= 0.3 is 0 Å². The average Bonchev–Trinajstić information content (AvgIpc) is 3.23. The number of aliphatic hydroxyl groups is 1. The fraction of sp³-hybridized carbons (Fsp3) is 0.500. The number of rotatable bonds is 9. The summed E-state index contributed by atoms with van der Waals surface area (Å²) in [6, 6.07) is 16.6. The number of hydrogen-bond acceptors (Lipinski definition) is 4. The summed E-state index contributed by atoms with van der Waals surface area (Å²) in [5.74, 6) is 2.05. The van der Waals surface area contributed by atoms with Crippen LogP contribution in [0.1, 0.15) is 24.0 Å². The van der Waals surface area contributed by atoms with Crippen LogP contribution in [0.2, 0.25) is 0 Å². The van der Waals surface area contributed by atoms with Crippen LogP contribution in [-0.2, 0) is 11.3 Å². The van der Waals surface area contributed by atoms with E-state index in [4.69, 9.17) is 14.2 Å². The highest BCUT2D eigenvalue weighted by Crippen LogP contribution is 2.32. The lowest BCUT2D eigenvalue weighted by Gasteiger charge is -2.30. The van der Waals surface area contributed by atoms with E-state index >= 15 is 0 Å². The van der Waals surface area contributed by atoms with Crippen molar-refractivity contribution >= 4 is 0 Å². The van der Waals surface area contributed by atoms with Crippen molar-refractivity contribution in [3.05, 3.63) is 59.7 Å². The van der Waals surface area contributed by atoms with Crippen LogP contribution >= 0.6 is 0 Å². The molecule has 0 aliphatic carbocycles. The molecule has 0 saturated carbocycles. The molecule has 2 aromatic rings. The van der Waals surface area contributed by atoms with Crippen molar-refractivity contribution in [3.63, 3.8) is 0 Å². The Morgan fingerprint density at radius 3 is 2.47 bits per heavy atom. The summed E-state index contributed by atoms with van der Waals surface area (Å²) in [4.78, 5) is 3.05. The van der Waals surface area contributed by atoms with E-state index in [1.165, 1.54) is 16.0 Å². The highest BCUT2D eigenvalue weighted by molar-refractivity contribution is 5.44. The topological polar surface area (TPSA) is 56.8 Å². The van der Waals surface area contributed by atoms with Crippen LogP contribution < -0.4 is 19.3 Å². The van der Waals surface area contributed by atoms with Crippen molar-refractivity contribution < 1.29 is 29.1 Å². The molecule has 2 aliphatic rings. The zero-order valence-electron chi connectivity index (χ0n) is 17.8. The lowest BCUT2D eigenvalue weighted by molar-refractivity contribution is -1.02. The standard InChI is InChI=1S/C24H32N2O4/c1-19(21-5-3-2-4-6-21)16-28-17-22(27)15-26-11-9-25(10-12-26)14-20-7-8-23-24(13-20)30-18-29-23/h2-8,13,19,22,27H,9-12,14-18H2,1H3/p+2/t19-,22+/m0/s1. The number of hydrogen-bond donors (Lipinski definition) is 3. The summed E-state index contributed by atoms with van der Waals surface area (Å²) in [5, 5.41) is 10.4. The second kappa shape index (κ2) is 10.3. The summed E-state index contributed by atoms with van der Waals surface area (Å²) in [7, 11) is 0. The summed E-state index contributed by atoms with van der Waals surface area (Å²) in [6.45, 7) is 9.70. The molecule has 2 aliphatic heterocycles. The summed E-state index contributed by atoms with van der Waals surface area (Å²) in [5.41, 5.74) is 2.57. The van der Waals surface area contributed by atoms with Gasteiger partial charge in [0.1, 0.15) is 45.4 Å². The Balaban J connectivity index is 1.13. The van der Waals surface area contributed by atoms with Crippen LogP contribution in [0.15, 0.2) is 48.5 Å². The van der Waals surface area contributed by atoms with Crippen molar-refractivity contribution in [2.24, 2.45) is 0 Å². The number of nitrogens with one attached hydrogen (secondary N) is 2. The Bertz CT molecular complexity index is 793. The van der Waals surface area contributed by atoms with Gasteiger partial charge in [-0.1, -0.05) is 37.3 Å². The first-order valence-corrected chi connectivity index (χ1v) is 11.0. The van der Waals surface area contributed by atoms with Gasteiger partial charge in [-0.25, -0.2) is 0 Å². The Hall–Kier alpha value is -2.12. The lowest BCUT2D eigenvalue weighted by atomic mass is 10.0. The molecule has 6 nitrogen and oxygen atoms in total. The van der Waals surface area contributed by atoms with Crippen molar-refractivity contribution in [1.82, 2.24) is 0 Å². The second-order valence-corrected chi connectivity index (χ2v) is 8.57. The SMILES string of the molecule is C[C@@H](COC[C@H](O)C[NH+]1CC[NH+](Cc2ccc3c(c2)OCO3)CC1)c1ccccc1. The van der Waals surface area contributed by atoms with Crippen LogP contribution in [0.25, 0.3) is 0 Å². The molecule has 0 spiro atoms. The molecule has 0 bridgehead atoms. The third kappa shape index (κ3) is 5.73. The molecular weight excluding hydrogens is 380 g/mol. The quantitative estimate of drug-likeness (QED) is 0.536. The van der Waals surface area contributed by atoms with Crippen molar-refractivity contribution in [2.45, 2.75) is 25.5 Å². The van der Waals surface area contributed by atoms with Gasteiger partial charge in [0.25, 0.3) is 0 Å². The van der Waals surface area contributed by atoms with E-state index in [1.807, 2.05) is 12.1 Å². The van der Waals surface area contributed by atoms with E-state index in [1.54, 1.807) is 4.90 Å². The molecule has 30 heavy (non-hydrogen) atoms. The molecule has 0 radical (unpaired) electrons. The zero-order valence-corrected chi connectivity index (χ0v) is 17.8. The first kappa shape index (κ1) is 21.1. The number of quaternary nitrogens is 2. The zero-order chi connectivity index (χ0) is 20.8. The largest absolute Gasteiger partial charge is 0.454 e.